The first kappa shape index (κ1) is 14.5. The smallest absolute Gasteiger partial charge is 0.335 e. The Morgan fingerprint density at radius 2 is 2.15 bits per heavy atom. The Labute approximate surface area is 123 Å². The van der Waals surface area contributed by atoms with Crippen molar-refractivity contribution in [3.8, 4) is 0 Å². The van der Waals surface area contributed by atoms with Gasteiger partial charge in [-0.15, -0.1) is 0 Å². The third kappa shape index (κ3) is 2.98. The van der Waals surface area contributed by atoms with Crippen molar-refractivity contribution in [2.24, 2.45) is 5.92 Å². The summed E-state index contributed by atoms with van der Waals surface area (Å²) < 4.78 is 0.591. The summed E-state index contributed by atoms with van der Waals surface area (Å²) >= 11 is 3.26. The Balaban J connectivity index is 2.14. The number of likely N-dealkylation sites (tertiary alicyclic amines) is 1. The predicted octanol–water partition coefficient (Wildman–Crippen LogP) is 1.56. The van der Waals surface area contributed by atoms with Gasteiger partial charge in [0.15, 0.2) is 0 Å². The molecule has 1 atom stereocenters. The molecule has 2 amide bonds. The monoisotopic (exact) mass is 340 g/mol. The second-order valence-electron chi connectivity index (χ2n) is 4.66. The molecule has 1 unspecified atom stereocenters. The van der Waals surface area contributed by atoms with E-state index < -0.39 is 11.9 Å². The molecule has 6 nitrogen and oxygen atoms in total. The molecule has 2 rings (SSSR count). The van der Waals surface area contributed by atoms with Crippen molar-refractivity contribution in [2.75, 3.05) is 18.9 Å². The van der Waals surface area contributed by atoms with Gasteiger partial charge in [0.25, 0.3) is 0 Å². The van der Waals surface area contributed by atoms with Gasteiger partial charge in [-0.05, 0) is 34.1 Å². The Morgan fingerprint density at radius 3 is 2.70 bits per heavy atom. The molecule has 1 aromatic rings. The number of benzene rings is 1. The fraction of sp³-hybridized carbons (Fsp3) is 0.308. The largest absolute Gasteiger partial charge is 0.478 e. The molecule has 1 saturated heterocycles. The van der Waals surface area contributed by atoms with Gasteiger partial charge in [-0.25, -0.2) is 4.79 Å². The highest BCUT2D eigenvalue weighted by Gasteiger charge is 2.32. The van der Waals surface area contributed by atoms with Crippen LogP contribution in [0.25, 0.3) is 0 Å². The van der Waals surface area contributed by atoms with Crippen molar-refractivity contribution in [1.29, 1.82) is 0 Å². The Bertz CT molecular complexity index is 588. The molecular formula is C13H13BrN2O4. The number of carbonyl (C=O) groups excluding carboxylic acids is 2. The van der Waals surface area contributed by atoms with Gasteiger partial charge in [0.1, 0.15) is 0 Å². The lowest BCUT2D eigenvalue weighted by atomic mass is 10.1. The zero-order valence-electron chi connectivity index (χ0n) is 10.7. The van der Waals surface area contributed by atoms with Crippen molar-refractivity contribution in [2.45, 2.75) is 6.42 Å². The number of hydrogen-bond acceptors (Lipinski definition) is 3. The number of amides is 2. The van der Waals surface area contributed by atoms with Crippen molar-refractivity contribution < 1.29 is 19.5 Å². The maximum absolute atomic E-state index is 12.1. The number of carboxylic acids is 1. The minimum atomic E-state index is -1.07. The number of hydrogen-bond donors (Lipinski definition) is 2. The second-order valence-corrected chi connectivity index (χ2v) is 5.52. The SMILES string of the molecule is CN1CC(C(=O)Nc2cc(C(=O)O)ccc2Br)CC1=O. The van der Waals surface area contributed by atoms with Crippen LogP contribution < -0.4 is 5.32 Å². The molecule has 1 heterocycles. The number of aromatic carboxylic acids is 1. The van der Waals surface area contributed by atoms with E-state index >= 15 is 0 Å². The van der Waals surface area contributed by atoms with Crippen LogP contribution in [0.15, 0.2) is 22.7 Å². The molecule has 7 heteroatoms. The van der Waals surface area contributed by atoms with Gasteiger partial charge in [-0.3, -0.25) is 9.59 Å². The van der Waals surface area contributed by atoms with E-state index in [0.717, 1.165) is 0 Å². The van der Waals surface area contributed by atoms with Gasteiger partial charge in [0.05, 0.1) is 17.2 Å². The summed E-state index contributed by atoms with van der Waals surface area (Å²) in [6, 6.07) is 4.38. The van der Waals surface area contributed by atoms with Crippen LogP contribution >= 0.6 is 15.9 Å². The topological polar surface area (TPSA) is 86.7 Å². The van der Waals surface area contributed by atoms with Gasteiger partial charge in [0.2, 0.25) is 11.8 Å². The highest BCUT2D eigenvalue weighted by molar-refractivity contribution is 9.10. The van der Waals surface area contributed by atoms with Crippen molar-refractivity contribution in [3.63, 3.8) is 0 Å². The number of nitrogens with one attached hydrogen (secondary N) is 1. The molecule has 0 aromatic heterocycles. The quantitative estimate of drug-likeness (QED) is 0.874. The van der Waals surface area contributed by atoms with E-state index in [9.17, 15) is 14.4 Å². The zero-order valence-corrected chi connectivity index (χ0v) is 12.3. The summed E-state index contributed by atoms with van der Waals surface area (Å²) in [7, 11) is 1.65. The second kappa shape index (κ2) is 5.62. The predicted molar refractivity (Wildman–Crippen MR) is 75.5 cm³/mol. The molecule has 0 spiro atoms. The van der Waals surface area contributed by atoms with E-state index in [1.807, 2.05) is 0 Å². The van der Waals surface area contributed by atoms with Gasteiger partial charge in [-0.2, -0.15) is 0 Å². The van der Waals surface area contributed by atoms with Crippen LogP contribution in [0.3, 0.4) is 0 Å². The molecule has 106 valence electrons. The fourth-order valence-electron chi connectivity index (χ4n) is 2.03. The Kier molecular flexibility index (Phi) is 4.08. The summed E-state index contributed by atoms with van der Waals surface area (Å²) in [6.07, 6.45) is 0.179. The van der Waals surface area contributed by atoms with Crippen molar-refractivity contribution >= 4 is 39.4 Å². The van der Waals surface area contributed by atoms with Crippen LogP contribution in [0, 0.1) is 5.92 Å². The molecule has 0 saturated carbocycles. The number of carbonyl (C=O) groups is 3. The number of rotatable bonds is 3. The van der Waals surface area contributed by atoms with Crippen molar-refractivity contribution in [3.05, 3.63) is 28.2 Å². The summed E-state index contributed by atoms with van der Waals surface area (Å²) in [6.45, 7) is 0.376. The van der Waals surface area contributed by atoms with E-state index in [2.05, 4.69) is 21.2 Å². The third-order valence-electron chi connectivity index (χ3n) is 3.18. The highest BCUT2D eigenvalue weighted by Crippen LogP contribution is 2.25. The third-order valence-corrected chi connectivity index (χ3v) is 3.87. The number of carboxylic acid groups (broad SMARTS) is 1. The minimum Gasteiger partial charge on any atom is -0.478 e. The van der Waals surface area contributed by atoms with E-state index in [-0.39, 0.29) is 23.8 Å². The average molecular weight is 341 g/mol. The minimum absolute atomic E-state index is 0.0662. The molecule has 2 N–H and O–H groups in total. The summed E-state index contributed by atoms with van der Waals surface area (Å²) in [5.74, 6) is -1.83. The lowest BCUT2D eigenvalue weighted by molar-refractivity contribution is -0.127. The Morgan fingerprint density at radius 1 is 1.45 bits per heavy atom. The van der Waals surface area contributed by atoms with Gasteiger partial charge >= 0.3 is 5.97 Å². The zero-order chi connectivity index (χ0) is 14.9. The first-order valence-corrected chi connectivity index (χ1v) is 6.75. The molecule has 20 heavy (non-hydrogen) atoms. The van der Waals surface area contributed by atoms with Crippen LogP contribution in [0.2, 0.25) is 0 Å². The Hall–Kier alpha value is -1.89. The van der Waals surface area contributed by atoms with Crippen LogP contribution in [-0.2, 0) is 9.59 Å². The van der Waals surface area contributed by atoms with Crippen LogP contribution in [-0.4, -0.2) is 41.4 Å². The molecule has 1 aromatic carbocycles. The van der Waals surface area contributed by atoms with Gasteiger partial charge in [0, 0.05) is 24.5 Å². The van der Waals surface area contributed by atoms with Crippen LogP contribution in [0.1, 0.15) is 16.8 Å². The molecule has 0 aliphatic carbocycles. The fourth-order valence-corrected chi connectivity index (χ4v) is 2.37. The van der Waals surface area contributed by atoms with E-state index in [0.29, 0.717) is 16.7 Å². The number of anilines is 1. The maximum atomic E-state index is 12.1. The van der Waals surface area contributed by atoms with Gasteiger partial charge < -0.3 is 15.3 Å². The van der Waals surface area contributed by atoms with Crippen molar-refractivity contribution in [1.82, 2.24) is 4.90 Å². The van der Waals surface area contributed by atoms with Crippen LogP contribution in [0.5, 0.6) is 0 Å². The average Bonchev–Trinajstić information content (AvgIpc) is 2.72. The van der Waals surface area contributed by atoms with Crippen LogP contribution in [0.4, 0.5) is 5.69 Å². The maximum Gasteiger partial charge on any atom is 0.335 e. The molecule has 1 aliphatic rings. The number of nitrogens with zero attached hydrogens (tertiary/aromatic N) is 1. The molecule has 1 fully saturated rings. The van der Waals surface area contributed by atoms with Gasteiger partial charge in [-0.1, -0.05) is 0 Å². The molecule has 1 aliphatic heterocycles. The standard InChI is InChI=1S/C13H13BrN2O4/c1-16-6-8(5-11(16)17)12(18)15-10-4-7(13(19)20)2-3-9(10)14/h2-4,8H,5-6H2,1H3,(H,15,18)(H,19,20). The molecule has 0 bridgehead atoms. The summed E-state index contributed by atoms with van der Waals surface area (Å²) in [4.78, 5) is 35.9. The highest BCUT2D eigenvalue weighted by atomic mass is 79.9. The lowest BCUT2D eigenvalue weighted by Gasteiger charge is -2.12. The summed E-state index contributed by atoms with van der Waals surface area (Å²) in [5.41, 5.74) is 0.472. The lowest BCUT2D eigenvalue weighted by Crippen LogP contribution is -2.26. The summed E-state index contributed by atoms with van der Waals surface area (Å²) in [5, 5.41) is 11.6. The van der Waals surface area contributed by atoms with E-state index in [1.54, 1.807) is 13.1 Å². The first-order valence-electron chi connectivity index (χ1n) is 5.96. The van der Waals surface area contributed by atoms with E-state index in [1.165, 1.54) is 17.0 Å². The molecule has 0 radical (unpaired) electrons. The normalized spacial score (nSPS) is 18.2. The molecular weight excluding hydrogens is 328 g/mol. The number of halogens is 1. The van der Waals surface area contributed by atoms with E-state index in [4.69, 9.17) is 5.11 Å². The first-order chi connectivity index (χ1) is 9.38.